The molecule has 0 spiro atoms. The summed E-state index contributed by atoms with van der Waals surface area (Å²) in [6.07, 6.45) is -12.4. The van der Waals surface area contributed by atoms with Gasteiger partial charge in [0.1, 0.15) is 0 Å². The smallest absolute Gasteiger partial charge is 0.460 e. The molecule has 1 amide bonds. The number of amides is 1. The van der Waals surface area contributed by atoms with Gasteiger partial charge < -0.3 is 15.2 Å². The molecule has 0 aliphatic heterocycles. The Morgan fingerprint density at radius 1 is 0.968 bits per heavy atom. The second kappa shape index (κ2) is 8.16. The first-order chi connectivity index (χ1) is 13.7. The SMILES string of the molecule is CCOC(=O)C(O)(c1ccc(NC(=O)C(F)(F)C(F)(F)C(F)(F)F)c(C)c1)C(F)(F)F. The fourth-order valence-corrected chi connectivity index (χ4v) is 2.18. The van der Waals surface area contributed by atoms with E-state index in [1.54, 1.807) is 0 Å². The maximum atomic E-state index is 13.4. The summed E-state index contributed by atoms with van der Waals surface area (Å²) in [5.41, 5.74) is -6.89. The average Bonchev–Trinajstić information content (AvgIpc) is 2.60. The molecule has 176 valence electrons. The molecule has 0 aliphatic carbocycles. The number of hydrogen-bond donors (Lipinski definition) is 2. The minimum atomic E-state index is -6.78. The van der Waals surface area contributed by atoms with Crippen molar-refractivity contribution in [2.75, 3.05) is 11.9 Å². The predicted octanol–water partition coefficient (Wildman–Crippen LogP) is 4.08. The Hall–Kier alpha value is -2.58. The summed E-state index contributed by atoms with van der Waals surface area (Å²) >= 11 is 0. The minimum absolute atomic E-state index is 0.313. The van der Waals surface area contributed by atoms with Crippen molar-refractivity contribution in [3.8, 4) is 0 Å². The van der Waals surface area contributed by atoms with Crippen LogP contribution in [0.5, 0.6) is 0 Å². The Morgan fingerprint density at radius 3 is 1.87 bits per heavy atom. The summed E-state index contributed by atoms with van der Waals surface area (Å²) in [5.74, 6) is -18.3. The molecule has 0 saturated carbocycles. The molecule has 1 rings (SSSR count). The largest absolute Gasteiger partial charge is 0.463 e. The zero-order chi connectivity index (χ0) is 24.6. The number of ether oxygens (including phenoxy) is 1. The highest BCUT2D eigenvalue weighted by molar-refractivity contribution is 5.97. The Morgan fingerprint density at radius 2 is 1.48 bits per heavy atom. The first kappa shape index (κ1) is 26.5. The van der Waals surface area contributed by atoms with Crippen LogP contribution in [0, 0.1) is 6.92 Å². The van der Waals surface area contributed by atoms with Gasteiger partial charge in [-0.05, 0) is 25.5 Å². The first-order valence-electron chi connectivity index (χ1n) is 7.96. The molecular formula is C16H13F10NO4. The number of hydrogen-bond acceptors (Lipinski definition) is 4. The van der Waals surface area contributed by atoms with Crippen LogP contribution in [0.25, 0.3) is 0 Å². The van der Waals surface area contributed by atoms with Crippen molar-refractivity contribution in [1.82, 2.24) is 0 Å². The third-order valence-corrected chi connectivity index (χ3v) is 3.91. The molecule has 2 N–H and O–H groups in total. The Kier molecular flexibility index (Phi) is 6.97. The third kappa shape index (κ3) is 4.55. The number of alkyl halides is 10. The number of carbonyl (C=O) groups is 2. The highest BCUT2D eigenvalue weighted by Crippen LogP contribution is 2.47. The van der Waals surface area contributed by atoms with Crippen LogP contribution in [0.2, 0.25) is 0 Å². The number of halogens is 10. The van der Waals surface area contributed by atoms with Crippen LogP contribution in [0.4, 0.5) is 49.6 Å². The molecule has 0 radical (unpaired) electrons. The summed E-state index contributed by atoms with van der Waals surface area (Å²) in [5, 5.41) is 11.0. The topological polar surface area (TPSA) is 75.6 Å². The Bertz CT molecular complexity index is 850. The number of nitrogens with one attached hydrogen (secondary N) is 1. The van der Waals surface area contributed by atoms with Crippen LogP contribution < -0.4 is 5.32 Å². The molecule has 31 heavy (non-hydrogen) atoms. The highest BCUT2D eigenvalue weighted by Gasteiger charge is 2.76. The standard InChI is InChI=1S/C16H13F10NO4/c1-3-31-11(29)12(30,15(21,22)23)8-4-5-9(7(2)6-8)27-10(28)13(17,18)14(19,20)16(24,25)26/h4-6,30H,3H2,1-2H3,(H,27,28). The Balaban J connectivity index is 3.35. The molecule has 0 aromatic heterocycles. The molecule has 1 unspecified atom stereocenters. The normalized spacial score (nSPS) is 15.3. The fourth-order valence-electron chi connectivity index (χ4n) is 2.18. The van der Waals surface area contributed by atoms with E-state index in [0.717, 1.165) is 19.2 Å². The lowest BCUT2D eigenvalue weighted by Crippen LogP contribution is -2.57. The second-order valence-electron chi connectivity index (χ2n) is 6.06. The number of anilines is 1. The average molecular weight is 473 g/mol. The van der Waals surface area contributed by atoms with Gasteiger partial charge in [0.2, 0.25) is 0 Å². The van der Waals surface area contributed by atoms with Gasteiger partial charge >= 0.3 is 36.1 Å². The van der Waals surface area contributed by atoms with Crippen LogP contribution in [0.3, 0.4) is 0 Å². The zero-order valence-corrected chi connectivity index (χ0v) is 15.4. The van der Waals surface area contributed by atoms with E-state index >= 15 is 0 Å². The molecule has 0 bridgehead atoms. The van der Waals surface area contributed by atoms with Gasteiger partial charge in [0.15, 0.2) is 0 Å². The van der Waals surface area contributed by atoms with E-state index in [9.17, 15) is 58.6 Å². The highest BCUT2D eigenvalue weighted by atomic mass is 19.4. The summed E-state index contributed by atoms with van der Waals surface area (Å²) in [4.78, 5) is 23.0. The molecule has 5 nitrogen and oxygen atoms in total. The van der Waals surface area contributed by atoms with E-state index in [1.807, 2.05) is 0 Å². The van der Waals surface area contributed by atoms with Crippen LogP contribution in [-0.4, -0.2) is 47.8 Å². The molecular weight excluding hydrogens is 460 g/mol. The van der Waals surface area contributed by atoms with Crippen LogP contribution in [0.1, 0.15) is 18.1 Å². The van der Waals surface area contributed by atoms with Crippen LogP contribution in [0.15, 0.2) is 18.2 Å². The van der Waals surface area contributed by atoms with E-state index in [4.69, 9.17) is 0 Å². The summed E-state index contributed by atoms with van der Waals surface area (Å²) in [7, 11) is 0. The molecule has 1 atom stereocenters. The van der Waals surface area contributed by atoms with Crippen molar-refractivity contribution < 1.29 is 63.3 Å². The number of benzene rings is 1. The van der Waals surface area contributed by atoms with Gasteiger partial charge in [-0.25, -0.2) is 4.79 Å². The lowest BCUT2D eigenvalue weighted by Gasteiger charge is -2.29. The monoisotopic (exact) mass is 473 g/mol. The molecule has 0 saturated heterocycles. The van der Waals surface area contributed by atoms with Gasteiger partial charge in [0, 0.05) is 11.3 Å². The molecule has 0 fully saturated rings. The van der Waals surface area contributed by atoms with Gasteiger partial charge in [-0.1, -0.05) is 12.1 Å². The van der Waals surface area contributed by atoms with Crippen molar-refractivity contribution in [3.63, 3.8) is 0 Å². The summed E-state index contributed by atoms with van der Waals surface area (Å²) in [6.45, 7) is 1.41. The zero-order valence-electron chi connectivity index (χ0n) is 15.4. The van der Waals surface area contributed by atoms with E-state index in [1.165, 1.54) is 0 Å². The van der Waals surface area contributed by atoms with Crippen molar-refractivity contribution in [1.29, 1.82) is 0 Å². The van der Waals surface area contributed by atoms with Gasteiger partial charge in [-0.2, -0.15) is 43.9 Å². The molecule has 0 aliphatic rings. The minimum Gasteiger partial charge on any atom is -0.463 e. The van der Waals surface area contributed by atoms with Gasteiger partial charge in [-0.3, -0.25) is 4.79 Å². The summed E-state index contributed by atoms with van der Waals surface area (Å²) in [6, 6.07) is 1.08. The van der Waals surface area contributed by atoms with Crippen molar-refractivity contribution in [2.24, 2.45) is 0 Å². The second-order valence-corrected chi connectivity index (χ2v) is 6.06. The summed E-state index contributed by atoms with van der Waals surface area (Å²) < 4.78 is 133. The van der Waals surface area contributed by atoms with E-state index in [-0.39, 0.29) is 0 Å². The number of aliphatic hydroxyl groups is 1. The van der Waals surface area contributed by atoms with Gasteiger partial charge in [-0.15, -0.1) is 0 Å². The first-order valence-corrected chi connectivity index (χ1v) is 7.96. The van der Waals surface area contributed by atoms with Crippen molar-refractivity contribution >= 4 is 17.6 Å². The molecule has 1 aromatic rings. The molecule has 15 heteroatoms. The number of esters is 1. The van der Waals surface area contributed by atoms with Gasteiger partial charge in [0.05, 0.1) is 6.61 Å². The number of rotatable bonds is 6. The maximum absolute atomic E-state index is 13.4. The number of aryl methyl sites for hydroxylation is 1. The van der Waals surface area contributed by atoms with E-state index in [2.05, 4.69) is 4.74 Å². The number of carbonyl (C=O) groups excluding carboxylic acids is 2. The predicted molar refractivity (Wildman–Crippen MR) is 82.3 cm³/mol. The molecule has 1 aromatic carbocycles. The quantitative estimate of drug-likeness (QED) is 0.483. The lowest BCUT2D eigenvalue weighted by atomic mass is 9.91. The lowest BCUT2D eigenvalue weighted by molar-refractivity contribution is -0.343. The van der Waals surface area contributed by atoms with Gasteiger partial charge in [0.25, 0.3) is 5.60 Å². The third-order valence-electron chi connectivity index (χ3n) is 3.91. The fraction of sp³-hybridized carbons (Fsp3) is 0.500. The molecule has 0 heterocycles. The maximum Gasteiger partial charge on any atom is 0.460 e. The van der Waals surface area contributed by atoms with Crippen molar-refractivity contribution in [3.05, 3.63) is 29.3 Å². The Labute approximate surface area is 167 Å². The van der Waals surface area contributed by atoms with E-state index < -0.39 is 65.1 Å². The van der Waals surface area contributed by atoms with E-state index in [0.29, 0.717) is 18.2 Å². The van der Waals surface area contributed by atoms with Crippen LogP contribution in [-0.2, 0) is 19.9 Å². The van der Waals surface area contributed by atoms with Crippen molar-refractivity contribution in [2.45, 2.75) is 43.6 Å². The van der Waals surface area contributed by atoms with Crippen LogP contribution >= 0.6 is 0 Å².